The van der Waals surface area contributed by atoms with Gasteiger partial charge in [-0.05, 0) is 54.6 Å². The van der Waals surface area contributed by atoms with Gasteiger partial charge in [0.2, 0.25) is 0 Å². The highest BCUT2D eigenvalue weighted by Crippen LogP contribution is 2.32. The van der Waals surface area contributed by atoms with E-state index in [9.17, 15) is 34.8 Å². The number of halogens is 4. The zero-order valence-corrected chi connectivity index (χ0v) is 20.7. The molecule has 0 bridgehead atoms. The topological polar surface area (TPSA) is 146 Å². The standard InChI is InChI=1S/C22H15F3N2O7S2.ClH/c23-22(24,25)14-4-2-5-17(12-14)35(29,30)27-18-11-13-3-1-6-19(20(13)33-21(18)28)34-36(31,32)16-9-7-15(26)8-10-16;/h1-12,27H,26H2;1H. The normalized spacial score (nSPS) is 12.1. The quantitative estimate of drug-likeness (QED) is 0.195. The maximum Gasteiger partial charge on any atom is 0.416 e. The Morgan fingerprint density at radius 3 is 2.16 bits per heavy atom. The van der Waals surface area contributed by atoms with E-state index in [-0.39, 0.29) is 34.0 Å². The Kier molecular flexibility index (Phi) is 7.49. The van der Waals surface area contributed by atoms with Crippen LogP contribution >= 0.6 is 12.4 Å². The van der Waals surface area contributed by atoms with Crippen molar-refractivity contribution in [1.29, 1.82) is 0 Å². The molecular formula is C22H16ClF3N2O7S2. The van der Waals surface area contributed by atoms with Crippen molar-refractivity contribution in [3.63, 3.8) is 0 Å². The smallest absolute Gasteiger partial charge is 0.416 e. The van der Waals surface area contributed by atoms with E-state index in [2.05, 4.69) is 0 Å². The van der Waals surface area contributed by atoms with E-state index >= 15 is 0 Å². The van der Waals surface area contributed by atoms with Crippen LogP contribution in [0.15, 0.2) is 91.8 Å². The summed E-state index contributed by atoms with van der Waals surface area (Å²) in [5.41, 5.74) is 2.53. The van der Waals surface area contributed by atoms with Crippen LogP contribution in [0.3, 0.4) is 0 Å². The first-order valence-corrected chi connectivity index (χ1v) is 12.7. The molecule has 1 aromatic heterocycles. The maximum absolute atomic E-state index is 13.0. The molecule has 0 spiro atoms. The van der Waals surface area contributed by atoms with Crippen molar-refractivity contribution in [3.8, 4) is 5.75 Å². The van der Waals surface area contributed by atoms with Crippen molar-refractivity contribution in [1.82, 2.24) is 0 Å². The lowest BCUT2D eigenvalue weighted by atomic mass is 10.2. The number of benzene rings is 3. The molecule has 0 amide bonds. The van der Waals surface area contributed by atoms with Crippen molar-refractivity contribution >= 4 is 54.9 Å². The fraction of sp³-hybridized carbons (Fsp3) is 0.0455. The number of hydrogen-bond donors (Lipinski definition) is 2. The highest BCUT2D eigenvalue weighted by Gasteiger charge is 2.32. The van der Waals surface area contributed by atoms with Gasteiger partial charge in [-0.15, -0.1) is 12.4 Å². The third-order valence-electron chi connectivity index (χ3n) is 4.81. The summed E-state index contributed by atoms with van der Waals surface area (Å²) in [5.74, 6) is -0.353. The lowest BCUT2D eigenvalue weighted by Gasteiger charge is -2.12. The number of hydrogen-bond acceptors (Lipinski definition) is 8. The van der Waals surface area contributed by atoms with E-state index in [1.54, 1.807) is 0 Å². The van der Waals surface area contributed by atoms with Crippen molar-refractivity contribution in [2.24, 2.45) is 0 Å². The number of para-hydroxylation sites is 1. The molecule has 0 aliphatic rings. The minimum absolute atomic E-state index is 0. The Balaban J connectivity index is 0.00000380. The van der Waals surface area contributed by atoms with Crippen molar-refractivity contribution in [3.05, 3.63) is 88.8 Å². The minimum Gasteiger partial charge on any atom is -0.417 e. The number of fused-ring (bicyclic) bond motifs is 1. The molecule has 4 rings (SSSR count). The molecule has 0 aliphatic heterocycles. The van der Waals surface area contributed by atoms with Gasteiger partial charge in [0.25, 0.3) is 10.0 Å². The van der Waals surface area contributed by atoms with Crippen LogP contribution < -0.4 is 20.3 Å². The summed E-state index contributed by atoms with van der Waals surface area (Å²) >= 11 is 0. The van der Waals surface area contributed by atoms with Crippen LogP contribution in [0.5, 0.6) is 5.75 Å². The Bertz CT molecular complexity index is 1740. The van der Waals surface area contributed by atoms with E-state index in [1.165, 1.54) is 42.5 Å². The summed E-state index contributed by atoms with van der Waals surface area (Å²) in [7, 11) is -8.96. The molecule has 196 valence electrons. The molecular weight excluding hydrogens is 561 g/mol. The summed E-state index contributed by atoms with van der Waals surface area (Å²) in [4.78, 5) is 11.5. The summed E-state index contributed by atoms with van der Waals surface area (Å²) in [5, 5.41) is 0.0707. The molecule has 0 unspecified atom stereocenters. The van der Waals surface area contributed by atoms with Crippen LogP contribution in [0.4, 0.5) is 24.5 Å². The number of alkyl halides is 3. The first-order valence-electron chi connectivity index (χ1n) is 9.83. The largest absolute Gasteiger partial charge is 0.417 e. The fourth-order valence-corrected chi connectivity index (χ4v) is 5.12. The van der Waals surface area contributed by atoms with Crippen LogP contribution in [0, 0.1) is 0 Å². The second-order valence-electron chi connectivity index (χ2n) is 7.36. The highest BCUT2D eigenvalue weighted by atomic mass is 35.5. The number of sulfonamides is 1. The lowest BCUT2D eigenvalue weighted by Crippen LogP contribution is -2.19. The van der Waals surface area contributed by atoms with Gasteiger partial charge in [0.15, 0.2) is 11.3 Å². The third-order valence-corrected chi connectivity index (χ3v) is 7.42. The van der Waals surface area contributed by atoms with E-state index in [0.29, 0.717) is 17.8 Å². The maximum atomic E-state index is 13.0. The molecule has 0 fully saturated rings. The molecule has 0 atom stereocenters. The van der Waals surface area contributed by atoms with Crippen LogP contribution in [0.1, 0.15) is 5.56 Å². The van der Waals surface area contributed by atoms with Crippen LogP contribution in [0.25, 0.3) is 11.0 Å². The molecule has 0 radical (unpaired) electrons. The monoisotopic (exact) mass is 576 g/mol. The highest BCUT2D eigenvalue weighted by molar-refractivity contribution is 7.92. The molecule has 4 aromatic rings. The summed E-state index contributed by atoms with van der Waals surface area (Å²) in [6.07, 6.45) is -4.78. The van der Waals surface area contributed by atoms with Crippen LogP contribution in [-0.2, 0) is 26.3 Å². The molecule has 9 nitrogen and oxygen atoms in total. The molecule has 0 aliphatic carbocycles. The van der Waals surface area contributed by atoms with E-state index in [4.69, 9.17) is 14.3 Å². The van der Waals surface area contributed by atoms with Gasteiger partial charge in [0, 0.05) is 11.1 Å². The first-order chi connectivity index (χ1) is 16.8. The van der Waals surface area contributed by atoms with Crippen molar-refractivity contribution < 1.29 is 38.6 Å². The molecule has 15 heteroatoms. The zero-order chi connectivity index (χ0) is 26.3. The van der Waals surface area contributed by atoms with Gasteiger partial charge in [-0.2, -0.15) is 21.6 Å². The van der Waals surface area contributed by atoms with E-state index < -0.39 is 48.1 Å². The van der Waals surface area contributed by atoms with Crippen molar-refractivity contribution in [2.45, 2.75) is 16.0 Å². The molecule has 0 saturated heterocycles. The third kappa shape index (κ3) is 5.98. The summed E-state index contributed by atoms with van der Waals surface area (Å²) < 4.78 is 101. The number of nitrogens with one attached hydrogen (secondary N) is 1. The predicted octanol–water partition coefficient (Wildman–Crippen LogP) is 4.38. The number of nitrogens with two attached hydrogens (primary N) is 1. The van der Waals surface area contributed by atoms with Crippen LogP contribution in [0.2, 0.25) is 0 Å². The lowest BCUT2D eigenvalue weighted by molar-refractivity contribution is -0.137. The zero-order valence-electron chi connectivity index (χ0n) is 18.2. The second kappa shape index (κ2) is 9.95. The van der Waals surface area contributed by atoms with E-state index in [1.807, 2.05) is 4.72 Å². The number of rotatable bonds is 6. The SMILES string of the molecule is Cl.Nc1ccc(S(=O)(=O)Oc2cccc3cc(NS(=O)(=O)c4cccc(C(F)(F)F)c4)c(=O)oc23)cc1. The number of anilines is 2. The van der Waals surface area contributed by atoms with Gasteiger partial charge in [-0.1, -0.05) is 18.2 Å². The van der Waals surface area contributed by atoms with E-state index in [0.717, 1.165) is 18.2 Å². The van der Waals surface area contributed by atoms with Crippen molar-refractivity contribution in [2.75, 3.05) is 10.5 Å². The Labute approximate surface area is 214 Å². The average molecular weight is 577 g/mol. The average Bonchev–Trinajstić information content (AvgIpc) is 2.79. The van der Waals surface area contributed by atoms with Gasteiger partial charge in [0.1, 0.15) is 10.6 Å². The molecule has 0 saturated carbocycles. The van der Waals surface area contributed by atoms with Gasteiger partial charge < -0.3 is 14.3 Å². The van der Waals surface area contributed by atoms with Gasteiger partial charge >= 0.3 is 21.9 Å². The first kappa shape index (κ1) is 27.8. The van der Waals surface area contributed by atoms with Gasteiger partial charge in [-0.25, -0.2) is 13.2 Å². The minimum atomic E-state index is -4.78. The van der Waals surface area contributed by atoms with Gasteiger partial charge in [-0.3, -0.25) is 4.72 Å². The predicted molar refractivity (Wildman–Crippen MR) is 131 cm³/mol. The Morgan fingerprint density at radius 1 is 0.865 bits per heavy atom. The molecule has 1 heterocycles. The molecule has 3 aromatic carbocycles. The fourth-order valence-electron chi connectivity index (χ4n) is 3.10. The molecule has 37 heavy (non-hydrogen) atoms. The van der Waals surface area contributed by atoms with Crippen LogP contribution in [-0.4, -0.2) is 16.8 Å². The molecule has 3 N–H and O–H groups in total. The summed E-state index contributed by atoms with van der Waals surface area (Å²) in [6, 6.07) is 13.1. The Hall–Kier alpha value is -3.75. The Morgan fingerprint density at radius 2 is 1.51 bits per heavy atom. The van der Waals surface area contributed by atoms with Gasteiger partial charge in [0.05, 0.1) is 10.5 Å². The summed E-state index contributed by atoms with van der Waals surface area (Å²) in [6.45, 7) is 0. The number of nitrogen functional groups attached to an aromatic ring is 1. The second-order valence-corrected chi connectivity index (χ2v) is 10.6.